The number of piperazine rings is 1. The molecule has 2 aliphatic rings. The van der Waals surface area contributed by atoms with E-state index >= 15 is 0 Å². The quantitative estimate of drug-likeness (QED) is 0.449. The molecule has 1 fully saturated rings. The third-order valence-corrected chi connectivity index (χ3v) is 7.78. The van der Waals surface area contributed by atoms with Crippen LogP contribution in [0.4, 0.5) is 11.5 Å². The van der Waals surface area contributed by atoms with Crippen LogP contribution in [-0.4, -0.2) is 103 Å². The van der Waals surface area contributed by atoms with Crippen molar-refractivity contribution in [2.24, 2.45) is 0 Å². The first-order chi connectivity index (χ1) is 16.9. The number of carboxylic acid groups (broad SMARTS) is 1. The molecule has 36 heavy (non-hydrogen) atoms. The molecule has 5 rings (SSSR count). The number of benzene rings is 2. The first-order valence-electron chi connectivity index (χ1n) is 11.6. The Labute approximate surface area is 248 Å². The van der Waals surface area contributed by atoms with Gasteiger partial charge in [0.25, 0.3) is 0 Å². The van der Waals surface area contributed by atoms with Crippen LogP contribution < -0.4 is 9.80 Å². The van der Waals surface area contributed by atoms with Crippen LogP contribution in [0.5, 0.6) is 0 Å². The van der Waals surface area contributed by atoms with E-state index in [-0.39, 0.29) is 62.9 Å². The van der Waals surface area contributed by atoms with Crippen molar-refractivity contribution in [2.45, 2.75) is 25.7 Å². The zero-order chi connectivity index (χ0) is 24.5. The number of hydrogen-bond acceptors (Lipinski definition) is 7. The molecule has 0 saturated carbocycles. The van der Waals surface area contributed by atoms with E-state index in [0.29, 0.717) is 10.7 Å². The second kappa shape index (κ2) is 11.8. The topological polar surface area (TPSA) is 94.0 Å². The molecule has 8 nitrogen and oxygen atoms in total. The van der Waals surface area contributed by atoms with Crippen LogP contribution in [0.15, 0.2) is 36.4 Å². The molecule has 1 saturated heterocycles. The molecule has 0 spiro atoms. The molecule has 3 heterocycles. The molecule has 2 amide bonds. The third kappa shape index (κ3) is 5.71. The van der Waals surface area contributed by atoms with Gasteiger partial charge in [-0.2, -0.15) is 4.37 Å². The van der Waals surface area contributed by atoms with Crippen molar-refractivity contribution in [3.05, 3.63) is 52.5 Å². The molecule has 0 unspecified atom stereocenters. The zero-order valence-corrected chi connectivity index (χ0v) is 20.6. The number of carboxylic acids is 1. The maximum absolute atomic E-state index is 12.5. The van der Waals surface area contributed by atoms with Gasteiger partial charge in [0, 0.05) is 49.6 Å². The number of aliphatic carboxylic acids is 1. The second-order valence-electron chi connectivity index (χ2n) is 8.85. The Morgan fingerprint density at radius 1 is 1.08 bits per heavy atom. The average molecular weight is 555 g/mol. The zero-order valence-electron chi connectivity index (χ0n) is 19.1. The summed E-state index contributed by atoms with van der Waals surface area (Å²) in [5, 5.41) is 10.6. The summed E-state index contributed by atoms with van der Waals surface area (Å²) >= 11 is 8.08. The molecule has 0 bridgehead atoms. The maximum atomic E-state index is 12.5. The predicted molar refractivity (Wildman–Crippen MR) is 145 cm³/mol. The molecule has 1 aromatic heterocycles. The number of aromatic nitrogens is 1. The molecule has 0 atom stereocenters. The van der Waals surface area contributed by atoms with Gasteiger partial charge in [-0.05, 0) is 47.3 Å². The van der Waals surface area contributed by atoms with E-state index < -0.39 is 11.9 Å². The van der Waals surface area contributed by atoms with Gasteiger partial charge in [0.05, 0.1) is 23.2 Å². The monoisotopic (exact) mass is 554 g/mol. The Hall–Kier alpha value is -1.75. The fraction of sp³-hybridized carbons (Fsp3) is 0.360. The Bertz CT molecular complexity index is 1310. The first kappa shape index (κ1) is 27.3. The van der Waals surface area contributed by atoms with Crippen LogP contribution in [0.3, 0.4) is 0 Å². The number of carbonyl (C=O) groups excluding carboxylic acids is 2. The Balaban J connectivity index is 0.00000304. The van der Waals surface area contributed by atoms with Gasteiger partial charge in [0.2, 0.25) is 11.8 Å². The van der Waals surface area contributed by atoms with E-state index in [1.165, 1.54) is 21.6 Å². The molecule has 11 heteroatoms. The van der Waals surface area contributed by atoms with Gasteiger partial charge in [-0.3, -0.25) is 19.3 Å². The summed E-state index contributed by atoms with van der Waals surface area (Å²) in [5.41, 5.74) is 2.19. The van der Waals surface area contributed by atoms with Crippen molar-refractivity contribution in [1.82, 2.24) is 9.27 Å². The van der Waals surface area contributed by atoms with Crippen molar-refractivity contribution >= 4 is 100 Å². The fourth-order valence-corrected chi connectivity index (χ4v) is 5.79. The number of fused-ring (bicyclic) bond motifs is 2. The third-order valence-electron chi connectivity index (χ3n) is 6.61. The normalized spacial score (nSPS) is 15.8. The van der Waals surface area contributed by atoms with Crippen LogP contribution in [0.2, 0.25) is 5.02 Å². The molecular formula is C25H27CaClN4O4S. The van der Waals surface area contributed by atoms with Crippen molar-refractivity contribution < 1.29 is 19.5 Å². The molecule has 2 aliphatic heterocycles. The minimum absolute atomic E-state index is 0. The summed E-state index contributed by atoms with van der Waals surface area (Å²) in [6.07, 6.45) is 0.337. The number of rotatable bonds is 7. The van der Waals surface area contributed by atoms with Gasteiger partial charge in [0.1, 0.15) is 5.82 Å². The fourth-order valence-electron chi connectivity index (χ4n) is 4.74. The first-order valence-corrected chi connectivity index (χ1v) is 12.8. The number of imide groups is 1. The van der Waals surface area contributed by atoms with Crippen LogP contribution in [0.25, 0.3) is 10.1 Å². The van der Waals surface area contributed by atoms with E-state index in [4.69, 9.17) is 16.7 Å². The number of carbonyl (C=O) groups is 3. The Morgan fingerprint density at radius 2 is 1.83 bits per heavy atom. The standard InChI is InChI=1S/C25H25ClN4O4S.Ca.2H/c26-19-15-20-17(14-23(32)30(20)22(31)5-6-24(33)34)13-16(19)7-8-28-9-11-29(12-10-28)25-18-3-1-2-4-21(18)35-27-25;;;/h1-4,13,15H,5-12,14H2,(H,33,34);;;. The summed E-state index contributed by atoms with van der Waals surface area (Å²) in [5.74, 6) is -0.849. The van der Waals surface area contributed by atoms with Gasteiger partial charge >= 0.3 is 43.7 Å². The van der Waals surface area contributed by atoms with E-state index in [1.54, 1.807) is 6.07 Å². The minimum atomic E-state index is -1.07. The van der Waals surface area contributed by atoms with Gasteiger partial charge in [0.15, 0.2) is 0 Å². The SMILES string of the molecule is O=C(O)CCC(=O)N1C(=O)Cc2cc(CCN3CCN(c4nsc5ccccc45)CC3)c(Cl)cc21.[CaH2]. The number of halogens is 1. The number of anilines is 2. The molecule has 3 aromatic rings. The summed E-state index contributed by atoms with van der Waals surface area (Å²) < 4.78 is 5.88. The Kier molecular flexibility index (Phi) is 8.91. The molecule has 1 N–H and O–H groups in total. The van der Waals surface area contributed by atoms with Crippen LogP contribution in [0, 0.1) is 0 Å². The van der Waals surface area contributed by atoms with Crippen molar-refractivity contribution in [3.8, 4) is 0 Å². The van der Waals surface area contributed by atoms with Crippen molar-refractivity contribution in [1.29, 1.82) is 0 Å². The van der Waals surface area contributed by atoms with Gasteiger partial charge < -0.3 is 10.0 Å². The van der Waals surface area contributed by atoms with E-state index in [0.717, 1.165) is 61.0 Å². The summed E-state index contributed by atoms with van der Waals surface area (Å²) in [7, 11) is 0. The van der Waals surface area contributed by atoms with E-state index in [2.05, 4.69) is 32.4 Å². The van der Waals surface area contributed by atoms with Crippen molar-refractivity contribution in [2.75, 3.05) is 42.5 Å². The number of nitrogens with zero attached hydrogens (tertiary/aromatic N) is 4. The number of hydrogen-bond donors (Lipinski definition) is 1. The van der Waals surface area contributed by atoms with Crippen LogP contribution in [0.1, 0.15) is 24.0 Å². The summed E-state index contributed by atoms with van der Waals surface area (Å²) in [4.78, 5) is 41.5. The summed E-state index contributed by atoms with van der Waals surface area (Å²) in [6.45, 7) is 4.53. The molecule has 0 radical (unpaired) electrons. The van der Waals surface area contributed by atoms with E-state index in [1.807, 2.05) is 12.1 Å². The van der Waals surface area contributed by atoms with Crippen LogP contribution >= 0.6 is 23.1 Å². The number of amides is 2. The molecule has 0 aliphatic carbocycles. The van der Waals surface area contributed by atoms with E-state index in [9.17, 15) is 14.4 Å². The second-order valence-corrected chi connectivity index (χ2v) is 10.1. The van der Waals surface area contributed by atoms with Gasteiger partial charge in [-0.25, -0.2) is 4.90 Å². The molecular weight excluding hydrogens is 528 g/mol. The summed E-state index contributed by atoms with van der Waals surface area (Å²) in [6, 6.07) is 11.9. The van der Waals surface area contributed by atoms with Crippen LogP contribution in [-0.2, 0) is 27.2 Å². The predicted octanol–water partition coefficient (Wildman–Crippen LogP) is 2.68. The Morgan fingerprint density at radius 3 is 2.58 bits per heavy atom. The average Bonchev–Trinajstić information content (AvgIpc) is 3.41. The van der Waals surface area contributed by atoms with Crippen molar-refractivity contribution in [3.63, 3.8) is 0 Å². The van der Waals surface area contributed by atoms with Gasteiger partial charge in [-0.15, -0.1) is 0 Å². The van der Waals surface area contributed by atoms with Gasteiger partial charge in [-0.1, -0.05) is 29.8 Å². The molecule has 2 aromatic carbocycles. The molecule has 186 valence electrons.